The fraction of sp³-hybridized carbons (Fsp3) is 0.818. The third-order valence-corrected chi connectivity index (χ3v) is 5.93. The van der Waals surface area contributed by atoms with E-state index in [0.29, 0.717) is 10.1 Å². The van der Waals surface area contributed by atoms with Crippen molar-refractivity contribution in [2.45, 2.75) is 88.5 Å². The molecule has 0 radical (unpaired) electrons. The molecule has 0 aromatic rings. The molecule has 0 aromatic heterocycles. The van der Waals surface area contributed by atoms with Gasteiger partial charge in [0.05, 0.1) is 24.0 Å². The molecule has 4 amide bonds. The Morgan fingerprint density at radius 2 is 1.11 bits per heavy atom. The van der Waals surface area contributed by atoms with Crippen molar-refractivity contribution in [2.75, 3.05) is 26.3 Å². The van der Waals surface area contributed by atoms with Crippen LogP contribution in [0.5, 0.6) is 0 Å². The molecule has 14 heteroatoms. The molecule has 1 aliphatic rings. The molecule has 0 bridgehead atoms. The van der Waals surface area contributed by atoms with Crippen LogP contribution in [0.2, 0.25) is 0 Å². The highest BCUT2D eigenvalue weighted by Gasteiger charge is 2.34. The number of carbonyl (C=O) groups excluding carboxylic acids is 4. The van der Waals surface area contributed by atoms with Crippen LogP contribution in [0, 0.1) is 0 Å². The predicted octanol–water partition coefficient (Wildman–Crippen LogP) is -1.99. The van der Waals surface area contributed by atoms with E-state index in [0.717, 1.165) is 0 Å². The van der Waals surface area contributed by atoms with Gasteiger partial charge >= 0.3 is 0 Å². The second-order valence-corrected chi connectivity index (χ2v) is 9.74. The van der Waals surface area contributed by atoms with E-state index in [2.05, 4.69) is 10.6 Å². The lowest BCUT2D eigenvalue weighted by Gasteiger charge is -2.30. The Bertz CT molecular complexity index is 699. The Hall–Kier alpha value is -2.36. The van der Waals surface area contributed by atoms with Gasteiger partial charge in [-0.15, -0.1) is 0 Å². The zero-order valence-electron chi connectivity index (χ0n) is 20.9. The topological polar surface area (TPSA) is 220 Å². The third kappa shape index (κ3) is 11.1. The lowest BCUT2D eigenvalue weighted by molar-refractivity contribution is -0.171. The van der Waals surface area contributed by atoms with E-state index in [4.69, 9.17) is 10.2 Å². The van der Waals surface area contributed by atoms with Crippen LogP contribution >= 0.6 is 0 Å². The summed E-state index contributed by atoms with van der Waals surface area (Å²) in [4.78, 5) is 48.7. The van der Waals surface area contributed by atoms with Crippen LogP contribution in [0.3, 0.4) is 0 Å². The van der Waals surface area contributed by atoms with Crippen molar-refractivity contribution in [3.05, 3.63) is 0 Å². The lowest BCUT2D eigenvalue weighted by Crippen LogP contribution is -2.61. The van der Waals surface area contributed by atoms with Crippen molar-refractivity contribution in [1.82, 2.24) is 20.8 Å². The van der Waals surface area contributed by atoms with E-state index in [9.17, 15) is 39.8 Å². The minimum atomic E-state index is -1.46. The maximum absolute atomic E-state index is 12.4. The molecule has 0 saturated carbocycles. The fourth-order valence-corrected chi connectivity index (χ4v) is 3.71. The standard InChI is InChI=1S/C22H40N4O10/c1-21(33,7-11-27)13-17(29)25(35)9-3-5-15-19(31)24-16(20(32)23-15)6-4-10-26(36)18(30)14-22(2,34)8-12-28/h15-16,27-28,33-36H,3-14H2,1-2H3,(H,23,32)(H,24,31)/t15-,16-,21+,22+/m0/s1. The minimum absolute atomic E-state index is 0.0264. The second kappa shape index (κ2) is 14.4. The normalized spacial score (nSPS) is 21.1. The molecular formula is C22H40N4O10. The van der Waals surface area contributed by atoms with Crippen molar-refractivity contribution in [2.24, 2.45) is 0 Å². The number of rotatable bonds is 16. The van der Waals surface area contributed by atoms with E-state index in [-0.39, 0.29) is 77.7 Å². The Morgan fingerprint density at radius 3 is 1.42 bits per heavy atom. The summed E-state index contributed by atoms with van der Waals surface area (Å²) in [6, 6.07) is -1.72. The quantitative estimate of drug-likeness (QED) is 0.0827. The first-order chi connectivity index (χ1) is 16.7. The van der Waals surface area contributed by atoms with Gasteiger partial charge in [-0.25, -0.2) is 10.1 Å². The number of hydroxylamine groups is 4. The molecule has 14 nitrogen and oxygen atoms in total. The van der Waals surface area contributed by atoms with Crippen LogP contribution in [0.1, 0.15) is 65.2 Å². The smallest absolute Gasteiger partial charge is 0.248 e. The summed E-state index contributed by atoms with van der Waals surface area (Å²) in [6.45, 7) is 1.87. The monoisotopic (exact) mass is 520 g/mol. The van der Waals surface area contributed by atoms with Gasteiger partial charge in [-0.05, 0) is 52.4 Å². The molecule has 208 valence electrons. The highest BCUT2D eigenvalue weighted by molar-refractivity contribution is 5.96. The first-order valence-electron chi connectivity index (χ1n) is 12.0. The number of nitrogens with one attached hydrogen (secondary N) is 2. The largest absolute Gasteiger partial charge is 0.396 e. The van der Waals surface area contributed by atoms with Gasteiger partial charge in [0, 0.05) is 26.3 Å². The summed E-state index contributed by atoms with van der Waals surface area (Å²) < 4.78 is 0. The molecule has 4 atom stereocenters. The SMILES string of the molecule is C[C@@](O)(CCO)CC(=O)N(O)CCC[C@@H]1NC(=O)[C@H](CCCN(O)C(=O)C[C@](C)(O)CCO)NC1=O. The molecule has 0 aromatic carbocycles. The van der Waals surface area contributed by atoms with Crippen LogP contribution < -0.4 is 10.6 Å². The summed E-state index contributed by atoms with van der Waals surface area (Å²) in [5.41, 5.74) is -2.92. The Balaban J connectivity index is 2.39. The molecule has 8 N–H and O–H groups in total. The number of carbonyl (C=O) groups is 4. The number of amides is 4. The molecule has 1 aliphatic heterocycles. The summed E-state index contributed by atoms with van der Waals surface area (Å²) in [5, 5.41) is 63.4. The molecule has 0 aliphatic carbocycles. The Morgan fingerprint density at radius 1 is 0.778 bits per heavy atom. The number of aliphatic hydroxyl groups is 4. The van der Waals surface area contributed by atoms with Crippen molar-refractivity contribution in [3.63, 3.8) is 0 Å². The summed E-state index contributed by atoms with van der Waals surface area (Å²) in [5.74, 6) is -2.37. The zero-order valence-corrected chi connectivity index (χ0v) is 20.9. The van der Waals surface area contributed by atoms with Gasteiger partial charge in [0.1, 0.15) is 12.1 Å². The van der Waals surface area contributed by atoms with E-state index in [1.54, 1.807) is 0 Å². The average Bonchev–Trinajstić information content (AvgIpc) is 2.75. The third-order valence-electron chi connectivity index (χ3n) is 5.93. The molecule has 1 rings (SSSR count). The molecule has 1 heterocycles. The van der Waals surface area contributed by atoms with Crippen LogP contribution in [0.15, 0.2) is 0 Å². The molecule has 36 heavy (non-hydrogen) atoms. The van der Waals surface area contributed by atoms with Gasteiger partial charge in [0.15, 0.2) is 0 Å². The summed E-state index contributed by atoms with van der Waals surface area (Å²) in [6.07, 6.45) is -0.147. The van der Waals surface area contributed by atoms with Gasteiger partial charge in [-0.3, -0.25) is 29.6 Å². The maximum Gasteiger partial charge on any atom is 0.248 e. The molecule has 1 saturated heterocycles. The number of nitrogens with zero attached hydrogens (tertiary/aromatic N) is 2. The van der Waals surface area contributed by atoms with Crippen molar-refractivity contribution in [3.8, 4) is 0 Å². The van der Waals surface area contributed by atoms with Gasteiger partial charge in [-0.1, -0.05) is 0 Å². The molecule has 0 spiro atoms. The maximum atomic E-state index is 12.4. The predicted molar refractivity (Wildman–Crippen MR) is 123 cm³/mol. The Labute approximate surface area is 209 Å². The molecule has 0 unspecified atom stereocenters. The van der Waals surface area contributed by atoms with Crippen molar-refractivity contribution >= 4 is 23.6 Å². The number of piperazine rings is 1. The highest BCUT2D eigenvalue weighted by Crippen LogP contribution is 2.17. The first-order valence-corrected chi connectivity index (χ1v) is 12.0. The number of hydrogen-bond acceptors (Lipinski definition) is 10. The average molecular weight is 521 g/mol. The van der Waals surface area contributed by atoms with E-state index in [1.165, 1.54) is 13.8 Å². The van der Waals surface area contributed by atoms with E-state index < -0.39 is 46.9 Å². The van der Waals surface area contributed by atoms with Gasteiger partial charge < -0.3 is 31.1 Å². The Kier molecular flexibility index (Phi) is 12.7. The summed E-state index contributed by atoms with van der Waals surface area (Å²) in [7, 11) is 0. The van der Waals surface area contributed by atoms with Crippen LogP contribution in [0.4, 0.5) is 0 Å². The van der Waals surface area contributed by atoms with E-state index in [1.807, 2.05) is 0 Å². The molecular weight excluding hydrogens is 480 g/mol. The zero-order chi connectivity index (χ0) is 27.5. The number of aliphatic hydroxyl groups excluding tert-OH is 2. The van der Waals surface area contributed by atoms with Gasteiger partial charge in [0.25, 0.3) is 0 Å². The fourth-order valence-electron chi connectivity index (χ4n) is 3.71. The van der Waals surface area contributed by atoms with Crippen LogP contribution in [0.25, 0.3) is 0 Å². The second-order valence-electron chi connectivity index (χ2n) is 9.74. The minimum Gasteiger partial charge on any atom is -0.396 e. The highest BCUT2D eigenvalue weighted by atomic mass is 16.5. The molecule has 1 fully saturated rings. The van der Waals surface area contributed by atoms with Gasteiger partial charge in [-0.2, -0.15) is 0 Å². The first kappa shape index (κ1) is 31.7. The van der Waals surface area contributed by atoms with Crippen molar-refractivity contribution < 1.29 is 50.0 Å². The van der Waals surface area contributed by atoms with E-state index >= 15 is 0 Å². The summed E-state index contributed by atoms with van der Waals surface area (Å²) >= 11 is 0. The van der Waals surface area contributed by atoms with Gasteiger partial charge in [0.2, 0.25) is 23.6 Å². The lowest BCUT2D eigenvalue weighted by atomic mass is 9.98. The van der Waals surface area contributed by atoms with Crippen LogP contribution in [-0.4, -0.2) is 114 Å². The van der Waals surface area contributed by atoms with Crippen LogP contribution in [-0.2, 0) is 19.2 Å². The number of hydrogen-bond donors (Lipinski definition) is 8. The van der Waals surface area contributed by atoms with Crippen molar-refractivity contribution in [1.29, 1.82) is 0 Å².